The van der Waals surface area contributed by atoms with Crippen LogP contribution in [0.15, 0.2) is 46.2 Å². The Bertz CT molecular complexity index is 940. The van der Waals surface area contributed by atoms with Crippen LogP contribution in [0.3, 0.4) is 0 Å². The van der Waals surface area contributed by atoms with E-state index in [1.807, 2.05) is 53.6 Å². The van der Waals surface area contributed by atoms with Crippen LogP contribution in [0.2, 0.25) is 0 Å². The molecule has 0 saturated carbocycles. The second-order valence-electron chi connectivity index (χ2n) is 7.62. The number of hydrogen-bond acceptors (Lipinski definition) is 8. The van der Waals surface area contributed by atoms with Crippen molar-refractivity contribution in [1.29, 1.82) is 0 Å². The molecule has 1 fully saturated rings. The fourth-order valence-electron chi connectivity index (χ4n) is 3.65. The van der Waals surface area contributed by atoms with Gasteiger partial charge in [0, 0.05) is 13.1 Å². The van der Waals surface area contributed by atoms with Crippen molar-refractivity contribution in [2.24, 2.45) is 0 Å². The van der Waals surface area contributed by atoms with Crippen LogP contribution in [0.1, 0.15) is 23.4 Å². The SMILES string of the molecule is Cc1oc(-c2cccs2)nc1CCCOc1ccc(CN2CCOC[C@H]2C(O)O)cc1. The lowest BCUT2D eigenvalue weighted by atomic mass is 10.1. The van der Waals surface area contributed by atoms with Crippen LogP contribution in [0.4, 0.5) is 0 Å². The second-order valence-corrected chi connectivity index (χ2v) is 8.57. The largest absolute Gasteiger partial charge is 0.494 e. The van der Waals surface area contributed by atoms with E-state index in [0.717, 1.165) is 40.5 Å². The molecule has 8 heteroatoms. The van der Waals surface area contributed by atoms with Gasteiger partial charge < -0.3 is 24.1 Å². The molecule has 0 unspecified atom stereocenters. The van der Waals surface area contributed by atoms with Crippen LogP contribution < -0.4 is 4.74 Å². The first-order valence-corrected chi connectivity index (χ1v) is 11.4. The summed E-state index contributed by atoms with van der Waals surface area (Å²) >= 11 is 1.62. The Labute approximate surface area is 185 Å². The Hall–Kier alpha value is -2.23. The van der Waals surface area contributed by atoms with Gasteiger partial charge in [0.1, 0.15) is 11.5 Å². The van der Waals surface area contributed by atoms with Gasteiger partial charge in [-0.05, 0) is 48.9 Å². The molecule has 1 aliphatic heterocycles. The molecule has 3 heterocycles. The molecule has 1 aliphatic rings. The molecule has 0 radical (unpaired) electrons. The summed E-state index contributed by atoms with van der Waals surface area (Å²) in [5.74, 6) is 2.37. The summed E-state index contributed by atoms with van der Waals surface area (Å²) in [5.41, 5.74) is 2.08. The zero-order valence-corrected chi connectivity index (χ0v) is 18.4. The van der Waals surface area contributed by atoms with Crippen molar-refractivity contribution in [2.45, 2.75) is 38.6 Å². The van der Waals surface area contributed by atoms with E-state index in [1.54, 1.807) is 11.3 Å². The van der Waals surface area contributed by atoms with E-state index >= 15 is 0 Å². The van der Waals surface area contributed by atoms with E-state index in [-0.39, 0.29) is 0 Å². The van der Waals surface area contributed by atoms with Gasteiger partial charge in [0.25, 0.3) is 0 Å². The fraction of sp³-hybridized carbons (Fsp3) is 0.435. The average molecular weight is 445 g/mol. The third-order valence-corrected chi connectivity index (χ3v) is 6.24. The number of nitrogens with zero attached hydrogens (tertiary/aromatic N) is 2. The predicted octanol–water partition coefficient (Wildman–Crippen LogP) is 3.23. The Morgan fingerprint density at radius 1 is 1.26 bits per heavy atom. The quantitative estimate of drug-likeness (QED) is 0.387. The number of aliphatic hydroxyl groups is 2. The van der Waals surface area contributed by atoms with Crippen LogP contribution in [0, 0.1) is 6.92 Å². The smallest absolute Gasteiger partial charge is 0.236 e. The van der Waals surface area contributed by atoms with E-state index in [1.165, 1.54) is 0 Å². The first-order chi connectivity index (χ1) is 15.1. The van der Waals surface area contributed by atoms with Crippen LogP contribution in [0.5, 0.6) is 5.75 Å². The van der Waals surface area contributed by atoms with Crippen molar-refractivity contribution in [2.75, 3.05) is 26.4 Å². The molecule has 166 valence electrons. The molecule has 2 N–H and O–H groups in total. The zero-order valence-electron chi connectivity index (χ0n) is 17.6. The number of aryl methyl sites for hydroxylation is 2. The Balaban J connectivity index is 1.24. The summed E-state index contributed by atoms with van der Waals surface area (Å²) in [6.45, 7) is 4.80. The molecule has 1 saturated heterocycles. The number of thiophene rings is 1. The van der Waals surface area contributed by atoms with Crippen LogP contribution in [-0.2, 0) is 17.7 Å². The van der Waals surface area contributed by atoms with E-state index in [0.29, 0.717) is 38.8 Å². The molecule has 4 rings (SSSR count). The minimum atomic E-state index is -1.40. The molecule has 0 aliphatic carbocycles. The number of morpholine rings is 1. The van der Waals surface area contributed by atoms with Gasteiger partial charge in [-0.1, -0.05) is 18.2 Å². The molecule has 31 heavy (non-hydrogen) atoms. The fourth-order valence-corrected chi connectivity index (χ4v) is 4.30. The maximum absolute atomic E-state index is 9.54. The predicted molar refractivity (Wildman–Crippen MR) is 118 cm³/mol. The minimum Gasteiger partial charge on any atom is -0.494 e. The van der Waals surface area contributed by atoms with E-state index in [2.05, 4.69) is 4.98 Å². The summed E-state index contributed by atoms with van der Waals surface area (Å²) in [7, 11) is 0. The van der Waals surface area contributed by atoms with Gasteiger partial charge in [-0.2, -0.15) is 0 Å². The number of hydrogen-bond donors (Lipinski definition) is 2. The molecule has 7 nitrogen and oxygen atoms in total. The van der Waals surface area contributed by atoms with E-state index in [4.69, 9.17) is 13.9 Å². The summed E-state index contributed by atoms with van der Waals surface area (Å²) in [5, 5.41) is 21.1. The monoisotopic (exact) mass is 444 g/mol. The lowest BCUT2D eigenvalue weighted by molar-refractivity contribution is -0.145. The Kier molecular flexibility index (Phi) is 7.37. The molecule has 0 spiro atoms. The normalized spacial score (nSPS) is 17.4. The van der Waals surface area contributed by atoms with Crippen molar-refractivity contribution in [3.63, 3.8) is 0 Å². The molecular formula is C23H28N2O5S. The van der Waals surface area contributed by atoms with Crippen LogP contribution in [-0.4, -0.2) is 58.8 Å². The molecule has 2 aromatic heterocycles. The van der Waals surface area contributed by atoms with Crippen molar-refractivity contribution < 1.29 is 24.1 Å². The minimum absolute atomic E-state index is 0.332. The Morgan fingerprint density at radius 2 is 2.10 bits per heavy atom. The Morgan fingerprint density at radius 3 is 2.84 bits per heavy atom. The highest BCUT2D eigenvalue weighted by molar-refractivity contribution is 7.13. The second kappa shape index (κ2) is 10.4. The first kappa shape index (κ1) is 22.0. The highest BCUT2D eigenvalue weighted by Gasteiger charge is 2.28. The summed E-state index contributed by atoms with van der Waals surface area (Å²) in [4.78, 5) is 7.70. The van der Waals surface area contributed by atoms with Gasteiger partial charge in [-0.3, -0.25) is 4.90 Å². The lowest BCUT2D eigenvalue weighted by Gasteiger charge is -2.36. The summed E-state index contributed by atoms with van der Waals surface area (Å²) in [6.07, 6.45) is 0.251. The maximum atomic E-state index is 9.54. The van der Waals surface area contributed by atoms with Gasteiger partial charge in [0.15, 0.2) is 6.29 Å². The van der Waals surface area contributed by atoms with Gasteiger partial charge in [-0.15, -0.1) is 11.3 Å². The zero-order chi connectivity index (χ0) is 21.6. The number of aliphatic hydroxyl groups excluding tert-OH is 1. The van der Waals surface area contributed by atoms with Crippen LogP contribution in [0.25, 0.3) is 10.8 Å². The van der Waals surface area contributed by atoms with Gasteiger partial charge in [0.05, 0.1) is 36.4 Å². The van der Waals surface area contributed by atoms with Gasteiger partial charge in [0.2, 0.25) is 5.89 Å². The van der Waals surface area contributed by atoms with E-state index < -0.39 is 12.3 Å². The molecule has 0 bridgehead atoms. The lowest BCUT2D eigenvalue weighted by Crippen LogP contribution is -2.51. The van der Waals surface area contributed by atoms with Crippen molar-refractivity contribution in [3.05, 3.63) is 58.8 Å². The summed E-state index contributed by atoms with van der Waals surface area (Å²) in [6, 6.07) is 11.5. The highest BCUT2D eigenvalue weighted by Crippen LogP contribution is 2.26. The maximum Gasteiger partial charge on any atom is 0.236 e. The standard InChI is InChI=1S/C23H28N2O5S/c1-16-19(24-22(30-16)21-5-3-13-31-21)4-2-11-29-18-8-6-17(7-9-18)14-25-10-12-28-15-20(25)23(26)27/h3,5-9,13,20,23,26-27H,2,4,10-12,14-15H2,1H3/t20-/m0/s1. The summed E-state index contributed by atoms with van der Waals surface area (Å²) < 4.78 is 17.0. The number of oxazole rings is 1. The van der Waals surface area contributed by atoms with Crippen molar-refractivity contribution >= 4 is 11.3 Å². The van der Waals surface area contributed by atoms with Gasteiger partial charge >= 0.3 is 0 Å². The number of benzene rings is 1. The molecule has 0 amide bonds. The van der Waals surface area contributed by atoms with Crippen molar-refractivity contribution in [3.8, 4) is 16.5 Å². The molecule has 3 aromatic rings. The first-order valence-electron chi connectivity index (χ1n) is 10.5. The highest BCUT2D eigenvalue weighted by atomic mass is 32.1. The van der Waals surface area contributed by atoms with E-state index in [9.17, 15) is 10.2 Å². The molecule has 1 aromatic carbocycles. The number of rotatable bonds is 9. The van der Waals surface area contributed by atoms with Crippen molar-refractivity contribution in [1.82, 2.24) is 9.88 Å². The van der Waals surface area contributed by atoms with Crippen LogP contribution >= 0.6 is 11.3 Å². The topological polar surface area (TPSA) is 88.2 Å². The number of ether oxygens (including phenoxy) is 2. The number of aromatic nitrogens is 1. The molecule has 1 atom stereocenters. The third-order valence-electron chi connectivity index (χ3n) is 5.38. The van der Waals surface area contributed by atoms with Gasteiger partial charge in [-0.25, -0.2) is 4.98 Å². The molecular weight excluding hydrogens is 416 g/mol. The third kappa shape index (κ3) is 5.72. The average Bonchev–Trinajstić information content (AvgIpc) is 3.43.